The number of amides is 2. The minimum atomic E-state index is -0.585. The molecule has 2 aliphatic rings. The summed E-state index contributed by atoms with van der Waals surface area (Å²) >= 11 is 0. The van der Waals surface area contributed by atoms with Gasteiger partial charge in [-0.15, -0.1) is 0 Å². The van der Waals surface area contributed by atoms with E-state index in [-0.39, 0.29) is 11.8 Å². The van der Waals surface area contributed by atoms with Gasteiger partial charge >= 0.3 is 0 Å². The summed E-state index contributed by atoms with van der Waals surface area (Å²) in [7, 11) is 1.61. The molecule has 0 bridgehead atoms. The summed E-state index contributed by atoms with van der Waals surface area (Å²) in [4.78, 5) is 27.7. The lowest BCUT2D eigenvalue weighted by molar-refractivity contribution is -0.122. The highest BCUT2D eigenvalue weighted by atomic mass is 16.5. The van der Waals surface area contributed by atoms with Crippen LogP contribution in [0, 0.1) is 0 Å². The molecule has 0 spiro atoms. The van der Waals surface area contributed by atoms with E-state index in [0.717, 1.165) is 22.6 Å². The lowest BCUT2D eigenvalue weighted by atomic mass is 10.1. The van der Waals surface area contributed by atoms with Gasteiger partial charge in [-0.1, -0.05) is 24.3 Å². The van der Waals surface area contributed by atoms with Gasteiger partial charge in [0.2, 0.25) is 0 Å². The monoisotopic (exact) mass is 444 g/mol. The van der Waals surface area contributed by atoms with E-state index in [9.17, 15) is 9.59 Å². The van der Waals surface area contributed by atoms with Crippen LogP contribution in [0.3, 0.4) is 0 Å². The smallest absolute Gasteiger partial charge is 0.265 e. The Bertz CT molecular complexity index is 1180. The molecule has 0 aliphatic carbocycles. The molecule has 0 aromatic heterocycles. The van der Waals surface area contributed by atoms with Crippen molar-refractivity contribution >= 4 is 17.5 Å². The summed E-state index contributed by atoms with van der Waals surface area (Å²) in [5.74, 6) is 1.82. The Morgan fingerprint density at radius 3 is 2.73 bits per heavy atom. The van der Waals surface area contributed by atoms with Crippen LogP contribution in [-0.4, -0.2) is 43.1 Å². The number of fused-ring (bicyclic) bond motifs is 2. The first-order chi connectivity index (χ1) is 16.1. The van der Waals surface area contributed by atoms with Gasteiger partial charge in [-0.05, 0) is 42.0 Å². The maximum atomic E-state index is 13.2. The normalized spacial score (nSPS) is 16.5. The van der Waals surface area contributed by atoms with Crippen LogP contribution < -0.4 is 19.5 Å². The number of rotatable bonds is 4. The fraction of sp³-hybridized carbons (Fsp3) is 0.231. The predicted octanol–water partition coefficient (Wildman–Crippen LogP) is 3.67. The van der Waals surface area contributed by atoms with Crippen molar-refractivity contribution in [3.63, 3.8) is 0 Å². The first-order valence-corrected chi connectivity index (χ1v) is 10.9. The number of carbonyl (C=O) groups is 2. The second kappa shape index (κ2) is 8.86. The zero-order chi connectivity index (χ0) is 22.8. The maximum absolute atomic E-state index is 13.2. The molecule has 2 heterocycles. The molecule has 0 fully saturated rings. The van der Waals surface area contributed by atoms with Crippen LogP contribution in [0.1, 0.15) is 21.5 Å². The summed E-state index contributed by atoms with van der Waals surface area (Å²) in [6.07, 6.45) is -0.0588. The topological polar surface area (TPSA) is 77.1 Å². The Balaban J connectivity index is 1.27. The number of para-hydroxylation sites is 1. The Kier molecular flexibility index (Phi) is 5.60. The molecule has 5 rings (SSSR count). The van der Waals surface area contributed by atoms with Gasteiger partial charge in [0.1, 0.15) is 23.9 Å². The zero-order valence-electron chi connectivity index (χ0n) is 18.2. The van der Waals surface area contributed by atoms with Crippen LogP contribution in [0.25, 0.3) is 0 Å². The second-order valence-corrected chi connectivity index (χ2v) is 8.04. The minimum Gasteiger partial charge on any atom is -0.497 e. The quantitative estimate of drug-likeness (QED) is 0.665. The van der Waals surface area contributed by atoms with Gasteiger partial charge in [0.25, 0.3) is 11.8 Å². The fourth-order valence-corrected chi connectivity index (χ4v) is 4.11. The van der Waals surface area contributed by atoms with Crippen LogP contribution >= 0.6 is 0 Å². The van der Waals surface area contributed by atoms with Gasteiger partial charge < -0.3 is 24.4 Å². The van der Waals surface area contributed by atoms with Gasteiger partial charge in [0, 0.05) is 35.8 Å². The minimum absolute atomic E-state index is 0.122. The van der Waals surface area contributed by atoms with Gasteiger partial charge in [0.15, 0.2) is 6.10 Å². The van der Waals surface area contributed by atoms with Crippen molar-refractivity contribution in [3.05, 3.63) is 83.4 Å². The molecular formula is C26H24N2O5. The van der Waals surface area contributed by atoms with Crippen molar-refractivity contribution in [3.8, 4) is 17.2 Å². The number of ether oxygens (including phenoxy) is 3. The summed E-state index contributed by atoms with van der Waals surface area (Å²) in [6.45, 7) is 1.28. The molecule has 1 N–H and O–H groups in total. The highest BCUT2D eigenvalue weighted by Crippen LogP contribution is 2.30. The molecule has 1 atom stereocenters. The third-order valence-corrected chi connectivity index (χ3v) is 5.86. The van der Waals surface area contributed by atoms with Gasteiger partial charge in [-0.25, -0.2) is 0 Å². The summed E-state index contributed by atoms with van der Waals surface area (Å²) < 4.78 is 16.9. The van der Waals surface area contributed by atoms with Crippen LogP contribution in [0.5, 0.6) is 17.2 Å². The summed E-state index contributed by atoms with van der Waals surface area (Å²) in [5.41, 5.74) is 2.99. The molecule has 0 saturated carbocycles. The number of anilines is 1. The number of hydrogen-bond donors (Lipinski definition) is 1. The molecule has 7 heteroatoms. The van der Waals surface area contributed by atoms with Crippen molar-refractivity contribution in [1.29, 1.82) is 0 Å². The van der Waals surface area contributed by atoms with Gasteiger partial charge in [-0.3, -0.25) is 9.59 Å². The number of nitrogens with zero attached hydrogens (tertiary/aromatic N) is 1. The van der Waals surface area contributed by atoms with E-state index in [1.54, 1.807) is 36.3 Å². The molecule has 2 amide bonds. The standard InChI is InChI=1S/C26H24N2O5/c1-31-21-10-9-19-16-28(11-12-32-23(19)15-21)26(30)18-6-4-7-20(13-18)27-25(29)24-14-17-5-2-3-8-22(17)33-24/h2-10,13,15,24H,11-12,14,16H2,1H3,(H,27,29). The van der Waals surface area contributed by atoms with E-state index in [0.29, 0.717) is 43.1 Å². The Hall–Kier alpha value is -4.00. The molecule has 0 radical (unpaired) electrons. The third-order valence-electron chi connectivity index (χ3n) is 5.86. The van der Waals surface area contributed by atoms with E-state index < -0.39 is 6.10 Å². The molecular weight excluding hydrogens is 420 g/mol. The van der Waals surface area contributed by atoms with E-state index in [4.69, 9.17) is 14.2 Å². The van der Waals surface area contributed by atoms with Gasteiger partial charge in [0.05, 0.1) is 13.7 Å². The van der Waals surface area contributed by atoms with Crippen molar-refractivity contribution in [2.24, 2.45) is 0 Å². The third kappa shape index (κ3) is 4.35. The highest BCUT2D eigenvalue weighted by Gasteiger charge is 2.29. The fourth-order valence-electron chi connectivity index (χ4n) is 4.11. The van der Waals surface area contributed by atoms with Crippen molar-refractivity contribution < 1.29 is 23.8 Å². The van der Waals surface area contributed by atoms with Crippen LogP contribution in [-0.2, 0) is 17.8 Å². The maximum Gasteiger partial charge on any atom is 0.265 e. The van der Waals surface area contributed by atoms with Crippen molar-refractivity contribution in [2.75, 3.05) is 25.6 Å². The molecule has 7 nitrogen and oxygen atoms in total. The van der Waals surface area contributed by atoms with Crippen molar-refractivity contribution in [1.82, 2.24) is 4.90 Å². The average Bonchev–Trinajstić information content (AvgIpc) is 3.17. The average molecular weight is 444 g/mol. The first kappa shape index (κ1) is 20.9. The largest absolute Gasteiger partial charge is 0.497 e. The van der Waals surface area contributed by atoms with Crippen molar-refractivity contribution in [2.45, 2.75) is 19.1 Å². The molecule has 0 saturated heterocycles. The summed E-state index contributed by atoms with van der Waals surface area (Å²) in [5, 5.41) is 2.88. The van der Waals surface area contributed by atoms with E-state index in [1.165, 1.54) is 0 Å². The number of carbonyl (C=O) groups excluding carboxylic acids is 2. The molecule has 3 aromatic rings. The lowest BCUT2D eigenvalue weighted by Crippen LogP contribution is -2.33. The number of methoxy groups -OCH3 is 1. The van der Waals surface area contributed by atoms with E-state index >= 15 is 0 Å². The molecule has 33 heavy (non-hydrogen) atoms. The number of hydrogen-bond acceptors (Lipinski definition) is 5. The highest BCUT2D eigenvalue weighted by molar-refractivity contribution is 5.98. The second-order valence-electron chi connectivity index (χ2n) is 8.04. The Labute approximate surface area is 191 Å². The zero-order valence-corrected chi connectivity index (χ0v) is 18.2. The number of benzene rings is 3. The molecule has 2 aliphatic heterocycles. The van der Waals surface area contributed by atoms with Crippen LogP contribution in [0.4, 0.5) is 5.69 Å². The SMILES string of the molecule is COc1ccc2c(c1)OCCN(C(=O)c1cccc(NC(=O)C3Cc4ccccc4O3)c1)C2. The van der Waals surface area contributed by atoms with Gasteiger partial charge in [-0.2, -0.15) is 0 Å². The number of nitrogens with one attached hydrogen (secondary N) is 1. The molecule has 3 aromatic carbocycles. The summed E-state index contributed by atoms with van der Waals surface area (Å²) in [6, 6.07) is 20.2. The Morgan fingerprint density at radius 1 is 1.00 bits per heavy atom. The molecule has 1 unspecified atom stereocenters. The Morgan fingerprint density at radius 2 is 1.88 bits per heavy atom. The van der Waals surface area contributed by atoms with E-state index in [1.807, 2.05) is 42.5 Å². The lowest BCUT2D eigenvalue weighted by Gasteiger charge is -2.20. The predicted molar refractivity (Wildman–Crippen MR) is 123 cm³/mol. The van der Waals surface area contributed by atoms with E-state index in [2.05, 4.69) is 5.32 Å². The first-order valence-electron chi connectivity index (χ1n) is 10.9. The molecule has 168 valence electrons. The van der Waals surface area contributed by atoms with Crippen LogP contribution in [0.2, 0.25) is 0 Å². The van der Waals surface area contributed by atoms with Crippen LogP contribution in [0.15, 0.2) is 66.7 Å².